The summed E-state index contributed by atoms with van der Waals surface area (Å²) in [5.74, 6) is 0.587. The highest BCUT2D eigenvalue weighted by Gasteiger charge is 2.41. The van der Waals surface area contributed by atoms with Gasteiger partial charge in [0, 0.05) is 34.8 Å². The molecule has 1 aromatic carbocycles. The minimum atomic E-state index is -0.319. The molecule has 1 aliphatic heterocycles. The zero-order chi connectivity index (χ0) is 20.4. The van der Waals surface area contributed by atoms with Crippen LogP contribution in [0.25, 0.3) is 11.1 Å². The molecule has 1 unspecified atom stereocenters. The fourth-order valence-electron chi connectivity index (χ4n) is 4.74. The van der Waals surface area contributed by atoms with Crippen LogP contribution in [0.3, 0.4) is 0 Å². The summed E-state index contributed by atoms with van der Waals surface area (Å²) < 4.78 is 24.1. The lowest BCUT2D eigenvalue weighted by Crippen LogP contribution is -2.44. The fourth-order valence-corrected chi connectivity index (χ4v) is 4.74. The smallest absolute Gasteiger partial charge is 0.230 e. The van der Waals surface area contributed by atoms with E-state index in [1.54, 1.807) is 11.0 Å². The Kier molecular flexibility index (Phi) is 4.19. The molecule has 3 aliphatic carbocycles. The highest BCUT2D eigenvalue weighted by atomic mass is 19.1. The van der Waals surface area contributed by atoms with Crippen molar-refractivity contribution in [2.45, 2.75) is 82.9 Å². The topological polar surface area (TPSA) is 47.4 Å². The van der Waals surface area contributed by atoms with Crippen LogP contribution in [0.5, 0.6) is 5.75 Å². The number of hydrogen-bond donors (Lipinski definition) is 0. The van der Waals surface area contributed by atoms with Gasteiger partial charge in [0.05, 0.1) is 24.0 Å². The first-order chi connectivity index (χ1) is 14.6. The standard InChI is InChI=1S/C24H28FN3O2/c1-14-5-10-19-22(28(14)24(29)15-6-7-15)21(25)11-20(23(19)30-18-3-2-4-18)16-12-26-27(13-16)17-8-9-17/h11-15,17-18H,2-10H2,1H3. The Bertz CT molecular complexity index is 1000. The van der Waals surface area contributed by atoms with E-state index in [1.807, 2.05) is 24.0 Å². The summed E-state index contributed by atoms with van der Waals surface area (Å²) in [5, 5.41) is 4.51. The van der Waals surface area contributed by atoms with Crippen LogP contribution < -0.4 is 9.64 Å². The number of carbonyl (C=O) groups is 1. The van der Waals surface area contributed by atoms with Crippen molar-refractivity contribution in [2.24, 2.45) is 5.92 Å². The van der Waals surface area contributed by atoms with Gasteiger partial charge in [0.15, 0.2) is 0 Å². The molecule has 1 atom stereocenters. The van der Waals surface area contributed by atoms with Gasteiger partial charge in [-0.3, -0.25) is 9.48 Å². The van der Waals surface area contributed by atoms with E-state index in [-0.39, 0.29) is 29.8 Å². The van der Waals surface area contributed by atoms with E-state index in [2.05, 4.69) is 5.10 Å². The van der Waals surface area contributed by atoms with Gasteiger partial charge in [0.25, 0.3) is 0 Å². The molecule has 6 rings (SSSR count). The van der Waals surface area contributed by atoms with Crippen molar-refractivity contribution in [3.8, 4) is 16.9 Å². The van der Waals surface area contributed by atoms with E-state index in [1.165, 1.54) is 6.42 Å². The summed E-state index contributed by atoms with van der Waals surface area (Å²) >= 11 is 0. The minimum absolute atomic E-state index is 0.0140. The molecule has 1 aromatic heterocycles. The first-order valence-corrected chi connectivity index (χ1v) is 11.5. The molecule has 0 saturated heterocycles. The Labute approximate surface area is 176 Å². The van der Waals surface area contributed by atoms with Gasteiger partial charge in [-0.05, 0) is 70.8 Å². The Morgan fingerprint density at radius 2 is 1.97 bits per heavy atom. The maximum Gasteiger partial charge on any atom is 0.230 e. The summed E-state index contributed by atoms with van der Waals surface area (Å²) in [4.78, 5) is 14.8. The molecule has 4 aliphatic rings. The molecule has 6 heteroatoms. The lowest BCUT2D eigenvalue weighted by atomic mass is 9.90. The summed E-state index contributed by atoms with van der Waals surface area (Å²) in [6, 6.07) is 2.07. The molecule has 1 amide bonds. The minimum Gasteiger partial charge on any atom is -0.489 e. The second-order valence-corrected chi connectivity index (χ2v) is 9.54. The van der Waals surface area contributed by atoms with Crippen LogP contribution in [0.15, 0.2) is 18.5 Å². The van der Waals surface area contributed by atoms with Crippen LogP contribution in [-0.4, -0.2) is 27.8 Å². The Balaban J connectivity index is 1.48. The number of anilines is 1. The molecule has 158 valence electrons. The van der Waals surface area contributed by atoms with E-state index >= 15 is 4.39 Å². The van der Waals surface area contributed by atoms with E-state index < -0.39 is 0 Å². The van der Waals surface area contributed by atoms with Gasteiger partial charge >= 0.3 is 0 Å². The molecule has 2 heterocycles. The Hall–Kier alpha value is -2.37. The maximum atomic E-state index is 15.6. The third-order valence-corrected chi connectivity index (χ3v) is 7.13. The molecule has 0 bridgehead atoms. The number of amides is 1. The van der Waals surface area contributed by atoms with Gasteiger partial charge in [0.2, 0.25) is 5.91 Å². The Morgan fingerprint density at radius 1 is 1.17 bits per heavy atom. The molecule has 3 saturated carbocycles. The molecule has 0 radical (unpaired) electrons. The zero-order valence-electron chi connectivity index (χ0n) is 17.4. The molecule has 30 heavy (non-hydrogen) atoms. The summed E-state index contributed by atoms with van der Waals surface area (Å²) in [6.07, 6.45) is 13.0. The molecular weight excluding hydrogens is 381 g/mol. The first kappa shape index (κ1) is 18.4. The Morgan fingerprint density at radius 3 is 2.63 bits per heavy atom. The predicted octanol–water partition coefficient (Wildman–Crippen LogP) is 5.03. The lowest BCUT2D eigenvalue weighted by Gasteiger charge is -2.38. The van der Waals surface area contributed by atoms with Crippen molar-refractivity contribution in [3.63, 3.8) is 0 Å². The van der Waals surface area contributed by atoms with Crippen LogP contribution in [-0.2, 0) is 11.2 Å². The van der Waals surface area contributed by atoms with Gasteiger partial charge in [-0.2, -0.15) is 5.10 Å². The largest absolute Gasteiger partial charge is 0.489 e. The number of aromatic nitrogens is 2. The van der Waals surface area contributed by atoms with E-state index in [0.29, 0.717) is 11.7 Å². The van der Waals surface area contributed by atoms with Gasteiger partial charge in [-0.1, -0.05) is 0 Å². The van der Waals surface area contributed by atoms with Gasteiger partial charge < -0.3 is 9.64 Å². The predicted molar refractivity (Wildman–Crippen MR) is 112 cm³/mol. The average Bonchev–Trinajstić information content (AvgIpc) is 3.63. The number of carbonyl (C=O) groups excluding carboxylic acids is 1. The molecule has 0 N–H and O–H groups in total. The van der Waals surface area contributed by atoms with Crippen molar-refractivity contribution in [3.05, 3.63) is 29.8 Å². The van der Waals surface area contributed by atoms with Crippen LogP contribution in [0.1, 0.15) is 69.9 Å². The quantitative estimate of drug-likeness (QED) is 0.696. The highest BCUT2D eigenvalue weighted by molar-refractivity contribution is 5.99. The highest BCUT2D eigenvalue weighted by Crippen LogP contribution is 2.48. The molecular formula is C24H28FN3O2. The second kappa shape index (κ2) is 6.82. The summed E-state index contributed by atoms with van der Waals surface area (Å²) in [6.45, 7) is 2.03. The van der Waals surface area contributed by atoms with Crippen LogP contribution in [0, 0.1) is 11.7 Å². The monoisotopic (exact) mass is 409 g/mol. The average molecular weight is 410 g/mol. The fraction of sp³-hybridized carbons (Fsp3) is 0.583. The number of halogens is 1. The van der Waals surface area contributed by atoms with Gasteiger partial charge in [-0.25, -0.2) is 4.39 Å². The summed E-state index contributed by atoms with van der Waals surface area (Å²) in [7, 11) is 0. The summed E-state index contributed by atoms with van der Waals surface area (Å²) in [5.41, 5.74) is 3.00. The van der Waals surface area contributed by atoms with Gasteiger partial charge in [0.1, 0.15) is 11.6 Å². The molecule has 3 fully saturated rings. The van der Waals surface area contributed by atoms with Crippen molar-refractivity contribution < 1.29 is 13.9 Å². The van der Waals surface area contributed by atoms with Crippen molar-refractivity contribution >= 4 is 11.6 Å². The zero-order valence-corrected chi connectivity index (χ0v) is 17.4. The number of ether oxygens (including phenoxy) is 1. The van der Waals surface area contributed by atoms with E-state index in [0.717, 1.165) is 73.8 Å². The molecule has 0 spiro atoms. The number of fused-ring (bicyclic) bond motifs is 1. The van der Waals surface area contributed by atoms with E-state index in [4.69, 9.17) is 4.74 Å². The molecule has 5 nitrogen and oxygen atoms in total. The number of rotatable bonds is 5. The van der Waals surface area contributed by atoms with E-state index in [9.17, 15) is 4.79 Å². The number of nitrogens with zero attached hydrogens (tertiary/aromatic N) is 3. The third-order valence-electron chi connectivity index (χ3n) is 7.13. The maximum absolute atomic E-state index is 15.6. The van der Waals surface area contributed by atoms with Crippen LogP contribution >= 0.6 is 0 Å². The second-order valence-electron chi connectivity index (χ2n) is 9.54. The van der Waals surface area contributed by atoms with Gasteiger partial charge in [-0.15, -0.1) is 0 Å². The third kappa shape index (κ3) is 3.03. The SMILES string of the molecule is CC1CCc2c(OC3CCC3)c(-c3cnn(C4CC4)c3)cc(F)c2N1C(=O)C1CC1. The van der Waals surface area contributed by atoms with Crippen molar-refractivity contribution in [2.75, 3.05) is 4.90 Å². The number of benzene rings is 1. The first-order valence-electron chi connectivity index (χ1n) is 11.5. The molecule has 2 aromatic rings. The van der Waals surface area contributed by atoms with Crippen LogP contribution in [0.4, 0.5) is 10.1 Å². The van der Waals surface area contributed by atoms with Crippen molar-refractivity contribution in [1.29, 1.82) is 0 Å². The van der Waals surface area contributed by atoms with Crippen molar-refractivity contribution in [1.82, 2.24) is 9.78 Å². The number of hydrogen-bond acceptors (Lipinski definition) is 3. The normalized spacial score (nSPS) is 23.8. The van der Waals surface area contributed by atoms with Crippen LogP contribution in [0.2, 0.25) is 0 Å². The lowest BCUT2D eigenvalue weighted by molar-refractivity contribution is -0.120.